The molecule has 5 heteroatoms. The zero-order chi connectivity index (χ0) is 17.2. The first-order chi connectivity index (χ1) is 11.5. The molecule has 134 valence electrons. The van der Waals surface area contributed by atoms with E-state index >= 15 is 0 Å². The van der Waals surface area contributed by atoms with Crippen molar-refractivity contribution in [2.45, 2.75) is 63.2 Å². The molecule has 1 aromatic rings. The number of benzene rings is 1. The zero-order valence-corrected chi connectivity index (χ0v) is 14.4. The number of hydrogen-bond donors (Lipinski definition) is 2. The smallest absolute Gasteiger partial charge is 0.137 e. The van der Waals surface area contributed by atoms with Crippen molar-refractivity contribution in [3.63, 3.8) is 0 Å². The quantitative estimate of drug-likeness (QED) is 0.887. The SMILES string of the molecule is Cc1cc(OC[C@@]2(O)CN(C3CCCCC3)CC[C@@H]2O)ccc1F. The topological polar surface area (TPSA) is 52.9 Å². The van der Waals surface area contributed by atoms with Gasteiger partial charge in [0.05, 0.1) is 6.10 Å². The number of nitrogens with zero attached hydrogens (tertiary/aromatic N) is 1. The van der Waals surface area contributed by atoms with Crippen LogP contribution in [0, 0.1) is 12.7 Å². The van der Waals surface area contributed by atoms with Gasteiger partial charge in [-0.05, 0) is 49.9 Å². The number of ether oxygens (including phenoxy) is 1. The first kappa shape index (κ1) is 17.6. The molecule has 0 amide bonds. The third-order valence-corrected chi connectivity index (χ3v) is 5.50. The second-order valence-corrected chi connectivity index (χ2v) is 7.37. The average molecular weight is 337 g/mol. The minimum Gasteiger partial charge on any atom is -0.490 e. The molecule has 1 saturated heterocycles. The maximum atomic E-state index is 13.3. The number of aliphatic hydroxyl groups is 2. The Morgan fingerprint density at radius 1 is 1.25 bits per heavy atom. The molecule has 2 atom stereocenters. The number of hydrogen-bond acceptors (Lipinski definition) is 4. The minimum atomic E-state index is -1.28. The first-order valence-corrected chi connectivity index (χ1v) is 9.01. The van der Waals surface area contributed by atoms with Crippen molar-refractivity contribution in [2.75, 3.05) is 19.7 Å². The van der Waals surface area contributed by atoms with Crippen molar-refractivity contribution in [1.82, 2.24) is 4.90 Å². The van der Waals surface area contributed by atoms with Gasteiger partial charge in [-0.25, -0.2) is 4.39 Å². The lowest BCUT2D eigenvalue weighted by atomic mass is 9.86. The molecule has 0 aromatic heterocycles. The molecule has 3 rings (SSSR count). The summed E-state index contributed by atoms with van der Waals surface area (Å²) in [5.74, 6) is 0.242. The van der Waals surface area contributed by atoms with Gasteiger partial charge in [-0.2, -0.15) is 0 Å². The van der Waals surface area contributed by atoms with Gasteiger partial charge in [0.15, 0.2) is 0 Å². The highest BCUT2D eigenvalue weighted by Crippen LogP contribution is 2.30. The van der Waals surface area contributed by atoms with Crippen molar-refractivity contribution in [3.8, 4) is 5.75 Å². The Kier molecular flexibility index (Phi) is 5.42. The van der Waals surface area contributed by atoms with Crippen molar-refractivity contribution >= 4 is 0 Å². The van der Waals surface area contributed by atoms with E-state index in [0.717, 1.165) is 6.54 Å². The Bertz CT molecular complexity index is 562. The lowest BCUT2D eigenvalue weighted by Gasteiger charge is -2.46. The summed E-state index contributed by atoms with van der Waals surface area (Å²) in [5, 5.41) is 21.2. The lowest BCUT2D eigenvalue weighted by molar-refractivity contribution is -0.146. The van der Waals surface area contributed by atoms with Gasteiger partial charge >= 0.3 is 0 Å². The second-order valence-electron chi connectivity index (χ2n) is 7.37. The van der Waals surface area contributed by atoms with E-state index in [1.54, 1.807) is 19.1 Å². The van der Waals surface area contributed by atoms with Crippen LogP contribution in [0.15, 0.2) is 18.2 Å². The van der Waals surface area contributed by atoms with E-state index in [1.807, 2.05) is 0 Å². The van der Waals surface area contributed by atoms with Gasteiger partial charge in [-0.15, -0.1) is 0 Å². The highest BCUT2D eigenvalue weighted by atomic mass is 19.1. The summed E-state index contributed by atoms with van der Waals surface area (Å²) in [6, 6.07) is 5.04. The van der Waals surface area contributed by atoms with Crippen LogP contribution in [-0.2, 0) is 0 Å². The molecule has 2 aliphatic rings. The Balaban J connectivity index is 1.63. The van der Waals surface area contributed by atoms with Gasteiger partial charge in [0.1, 0.15) is 23.8 Å². The summed E-state index contributed by atoms with van der Waals surface area (Å²) < 4.78 is 19.0. The van der Waals surface area contributed by atoms with E-state index in [1.165, 1.54) is 38.2 Å². The fourth-order valence-electron chi connectivity index (χ4n) is 3.91. The van der Waals surface area contributed by atoms with Gasteiger partial charge < -0.3 is 14.9 Å². The molecule has 1 aliphatic carbocycles. The molecule has 1 aromatic carbocycles. The van der Waals surface area contributed by atoms with E-state index in [9.17, 15) is 14.6 Å². The molecular weight excluding hydrogens is 309 g/mol. The fraction of sp³-hybridized carbons (Fsp3) is 0.684. The number of piperidine rings is 1. The summed E-state index contributed by atoms with van der Waals surface area (Å²) in [4.78, 5) is 2.31. The first-order valence-electron chi connectivity index (χ1n) is 9.01. The third kappa shape index (κ3) is 3.90. The Morgan fingerprint density at radius 3 is 2.71 bits per heavy atom. The molecule has 0 radical (unpaired) electrons. The number of likely N-dealkylation sites (tertiary alicyclic amines) is 1. The zero-order valence-electron chi connectivity index (χ0n) is 14.4. The predicted molar refractivity (Wildman–Crippen MR) is 90.7 cm³/mol. The molecule has 1 heterocycles. The number of aryl methyl sites for hydroxylation is 1. The average Bonchev–Trinajstić information content (AvgIpc) is 2.59. The number of β-amino-alcohol motifs (C(OH)–C–C–N with tert-alkyl or cyclic N) is 1. The van der Waals surface area contributed by atoms with Crippen LogP contribution in [0.25, 0.3) is 0 Å². The Labute approximate surface area is 143 Å². The van der Waals surface area contributed by atoms with E-state index in [4.69, 9.17) is 4.74 Å². The highest BCUT2D eigenvalue weighted by Gasteiger charge is 2.43. The van der Waals surface area contributed by atoms with Crippen molar-refractivity contribution in [3.05, 3.63) is 29.6 Å². The highest BCUT2D eigenvalue weighted by molar-refractivity contribution is 5.29. The molecule has 0 bridgehead atoms. The molecule has 4 nitrogen and oxygen atoms in total. The molecule has 1 aliphatic heterocycles. The van der Waals surface area contributed by atoms with Gasteiger partial charge in [-0.3, -0.25) is 4.90 Å². The van der Waals surface area contributed by atoms with E-state index in [0.29, 0.717) is 30.3 Å². The summed E-state index contributed by atoms with van der Waals surface area (Å²) in [6.45, 7) is 2.95. The Hall–Kier alpha value is -1.17. The second kappa shape index (κ2) is 7.38. The van der Waals surface area contributed by atoms with Crippen LogP contribution in [0.2, 0.25) is 0 Å². The van der Waals surface area contributed by atoms with Crippen molar-refractivity contribution in [1.29, 1.82) is 0 Å². The molecule has 0 unspecified atom stereocenters. The number of rotatable bonds is 4. The van der Waals surface area contributed by atoms with Crippen LogP contribution in [0.3, 0.4) is 0 Å². The van der Waals surface area contributed by atoms with E-state index < -0.39 is 11.7 Å². The van der Waals surface area contributed by atoms with Crippen LogP contribution in [0.1, 0.15) is 44.1 Å². The van der Waals surface area contributed by atoms with Gasteiger partial charge in [-0.1, -0.05) is 19.3 Å². The maximum absolute atomic E-state index is 13.3. The van der Waals surface area contributed by atoms with Crippen LogP contribution in [-0.4, -0.2) is 52.6 Å². The number of halogens is 1. The summed E-state index contributed by atoms with van der Waals surface area (Å²) in [7, 11) is 0. The summed E-state index contributed by atoms with van der Waals surface area (Å²) in [6.07, 6.45) is 5.89. The largest absolute Gasteiger partial charge is 0.490 e. The van der Waals surface area contributed by atoms with Gasteiger partial charge in [0.25, 0.3) is 0 Å². The lowest BCUT2D eigenvalue weighted by Crippen LogP contribution is -2.61. The van der Waals surface area contributed by atoms with Crippen LogP contribution in [0.4, 0.5) is 4.39 Å². The molecule has 1 saturated carbocycles. The molecule has 0 spiro atoms. The van der Waals surface area contributed by atoms with Gasteiger partial charge in [0.2, 0.25) is 0 Å². The van der Waals surface area contributed by atoms with Crippen LogP contribution >= 0.6 is 0 Å². The normalized spacial score (nSPS) is 29.6. The van der Waals surface area contributed by atoms with Crippen LogP contribution in [0.5, 0.6) is 5.75 Å². The minimum absolute atomic E-state index is 0.0163. The maximum Gasteiger partial charge on any atom is 0.137 e. The summed E-state index contributed by atoms with van der Waals surface area (Å²) in [5.41, 5.74) is -0.773. The fourth-order valence-corrected chi connectivity index (χ4v) is 3.91. The van der Waals surface area contributed by atoms with Crippen molar-refractivity contribution in [2.24, 2.45) is 0 Å². The van der Waals surface area contributed by atoms with Crippen molar-refractivity contribution < 1.29 is 19.3 Å². The molecule has 2 N–H and O–H groups in total. The third-order valence-electron chi connectivity index (χ3n) is 5.50. The summed E-state index contributed by atoms with van der Waals surface area (Å²) >= 11 is 0. The predicted octanol–water partition coefficient (Wildman–Crippen LogP) is 2.64. The number of aliphatic hydroxyl groups excluding tert-OH is 1. The van der Waals surface area contributed by atoms with Gasteiger partial charge in [0, 0.05) is 19.1 Å². The van der Waals surface area contributed by atoms with E-state index in [-0.39, 0.29) is 12.4 Å². The molecular formula is C19H28FNO3. The Morgan fingerprint density at radius 2 is 2.00 bits per heavy atom. The van der Waals surface area contributed by atoms with Crippen LogP contribution < -0.4 is 4.74 Å². The van der Waals surface area contributed by atoms with E-state index in [2.05, 4.69) is 4.90 Å². The molecule has 24 heavy (non-hydrogen) atoms. The molecule has 2 fully saturated rings. The standard InChI is InChI=1S/C19H28FNO3/c1-14-11-16(7-8-17(14)20)24-13-19(23)12-21(10-9-18(19)22)15-5-3-2-4-6-15/h7-8,11,15,18,22-23H,2-6,9-10,12-13H2,1H3/t18-,19-/m0/s1. The monoisotopic (exact) mass is 337 g/mol.